The third kappa shape index (κ3) is 3.72. The maximum atomic E-state index is 12.5. The monoisotopic (exact) mass is 357 g/mol. The predicted molar refractivity (Wildman–Crippen MR) is 103 cm³/mol. The van der Waals surface area contributed by atoms with Crippen LogP contribution in [0.1, 0.15) is 66.7 Å². The summed E-state index contributed by atoms with van der Waals surface area (Å²) in [6.45, 7) is 5.72. The predicted octanol–water partition coefficient (Wildman–Crippen LogP) is 4.17. The number of piperidine rings is 1. The molecule has 0 unspecified atom stereocenters. The van der Waals surface area contributed by atoms with Gasteiger partial charge >= 0.3 is 0 Å². The Hall–Kier alpha value is -1.46. The molecule has 1 saturated heterocycles. The van der Waals surface area contributed by atoms with E-state index in [9.17, 15) is 4.79 Å². The number of hydrogen-bond donors (Lipinski definition) is 1. The third-order valence-electron chi connectivity index (χ3n) is 5.74. The lowest BCUT2D eigenvalue weighted by Crippen LogP contribution is -2.32. The van der Waals surface area contributed by atoms with E-state index in [1.54, 1.807) is 11.3 Å². The molecule has 25 heavy (non-hydrogen) atoms. The highest BCUT2D eigenvalue weighted by Gasteiger charge is 2.23. The van der Waals surface area contributed by atoms with E-state index in [1.807, 2.05) is 18.2 Å². The molecular formula is C20H27N3OS. The average Bonchev–Trinajstić information content (AvgIpc) is 3.30. The fourth-order valence-electron chi connectivity index (χ4n) is 4.09. The van der Waals surface area contributed by atoms with E-state index in [0.29, 0.717) is 12.0 Å². The first-order valence-corrected chi connectivity index (χ1v) is 10.5. The van der Waals surface area contributed by atoms with Gasteiger partial charge in [0.1, 0.15) is 0 Å². The summed E-state index contributed by atoms with van der Waals surface area (Å²) in [6.07, 6.45) is 7.10. The Morgan fingerprint density at radius 1 is 1.24 bits per heavy atom. The van der Waals surface area contributed by atoms with Gasteiger partial charge in [0.05, 0.1) is 15.2 Å². The van der Waals surface area contributed by atoms with Gasteiger partial charge in [0.25, 0.3) is 5.91 Å². The molecule has 2 fully saturated rings. The molecule has 0 radical (unpaired) electrons. The Morgan fingerprint density at radius 2 is 2.00 bits per heavy atom. The number of likely N-dealkylation sites (tertiary alicyclic amines) is 1. The quantitative estimate of drug-likeness (QED) is 0.893. The van der Waals surface area contributed by atoms with Crippen molar-refractivity contribution in [2.75, 3.05) is 19.6 Å². The molecule has 1 aliphatic heterocycles. The largest absolute Gasteiger partial charge is 0.349 e. The lowest BCUT2D eigenvalue weighted by atomic mass is 9.98. The minimum atomic E-state index is 0.0694. The van der Waals surface area contributed by atoms with Crippen LogP contribution >= 0.6 is 11.3 Å². The van der Waals surface area contributed by atoms with E-state index >= 15 is 0 Å². The van der Waals surface area contributed by atoms with Gasteiger partial charge in [-0.2, -0.15) is 0 Å². The maximum Gasteiger partial charge on any atom is 0.251 e. The fourth-order valence-corrected chi connectivity index (χ4v) is 5.27. The molecule has 4 nitrogen and oxygen atoms in total. The second-order valence-electron chi connectivity index (χ2n) is 7.40. The Balaban J connectivity index is 1.48. The van der Waals surface area contributed by atoms with Crippen LogP contribution in [-0.4, -0.2) is 41.5 Å². The molecule has 0 atom stereocenters. The van der Waals surface area contributed by atoms with Crippen LogP contribution in [-0.2, 0) is 0 Å². The summed E-state index contributed by atoms with van der Waals surface area (Å²) < 4.78 is 1.15. The highest BCUT2D eigenvalue weighted by molar-refractivity contribution is 7.18. The molecule has 5 heteroatoms. The first-order valence-electron chi connectivity index (χ1n) is 9.66. The highest BCUT2D eigenvalue weighted by atomic mass is 32.1. The van der Waals surface area contributed by atoms with Crippen LogP contribution in [0.15, 0.2) is 18.2 Å². The van der Waals surface area contributed by atoms with Crippen molar-refractivity contribution in [2.24, 2.45) is 0 Å². The zero-order valence-corrected chi connectivity index (χ0v) is 15.8. The molecule has 2 aromatic rings. The molecule has 1 N–H and O–H groups in total. The van der Waals surface area contributed by atoms with Crippen LogP contribution in [0.5, 0.6) is 0 Å². The smallest absolute Gasteiger partial charge is 0.251 e. The molecule has 1 aromatic heterocycles. The van der Waals surface area contributed by atoms with Gasteiger partial charge in [0.15, 0.2) is 0 Å². The van der Waals surface area contributed by atoms with Crippen molar-refractivity contribution in [3.05, 3.63) is 28.8 Å². The van der Waals surface area contributed by atoms with E-state index < -0.39 is 0 Å². The summed E-state index contributed by atoms with van der Waals surface area (Å²) in [4.78, 5) is 19.9. The topological polar surface area (TPSA) is 45.2 Å². The van der Waals surface area contributed by atoms with Crippen molar-refractivity contribution in [3.8, 4) is 0 Å². The van der Waals surface area contributed by atoms with E-state index in [4.69, 9.17) is 4.98 Å². The molecule has 2 heterocycles. The summed E-state index contributed by atoms with van der Waals surface area (Å²) in [5.41, 5.74) is 1.81. The number of carbonyl (C=O) groups excluding carboxylic acids is 1. The summed E-state index contributed by atoms with van der Waals surface area (Å²) in [5.74, 6) is 0.649. The normalized spacial score (nSPS) is 20.4. The molecule has 1 aromatic carbocycles. The van der Waals surface area contributed by atoms with Crippen LogP contribution in [0, 0.1) is 0 Å². The number of carbonyl (C=O) groups is 1. The fraction of sp³-hybridized carbons (Fsp3) is 0.600. The Morgan fingerprint density at radius 3 is 2.72 bits per heavy atom. The number of aromatic nitrogens is 1. The summed E-state index contributed by atoms with van der Waals surface area (Å²) in [7, 11) is 0. The van der Waals surface area contributed by atoms with Gasteiger partial charge in [-0.05, 0) is 63.5 Å². The van der Waals surface area contributed by atoms with Crippen LogP contribution in [0.4, 0.5) is 0 Å². The molecule has 0 spiro atoms. The van der Waals surface area contributed by atoms with Crippen molar-refractivity contribution in [3.63, 3.8) is 0 Å². The number of thiazole rings is 1. The number of nitrogens with zero attached hydrogens (tertiary/aromatic N) is 2. The molecular weight excluding hydrogens is 330 g/mol. The zero-order chi connectivity index (χ0) is 17.2. The van der Waals surface area contributed by atoms with Gasteiger partial charge in [-0.3, -0.25) is 4.79 Å². The first-order chi connectivity index (χ1) is 12.2. The summed E-state index contributed by atoms with van der Waals surface area (Å²) in [5, 5.41) is 4.43. The first kappa shape index (κ1) is 17.0. The van der Waals surface area contributed by atoms with Gasteiger partial charge in [-0.1, -0.05) is 19.8 Å². The number of rotatable bonds is 4. The highest BCUT2D eigenvalue weighted by Crippen LogP contribution is 2.34. The molecule has 0 bridgehead atoms. The van der Waals surface area contributed by atoms with E-state index in [2.05, 4.69) is 17.1 Å². The molecule has 1 amide bonds. The number of amides is 1. The molecule has 4 rings (SSSR count). The Kier molecular flexibility index (Phi) is 5.04. The Bertz CT molecular complexity index is 742. The van der Waals surface area contributed by atoms with Gasteiger partial charge in [-0.15, -0.1) is 11.3 Å². The second-order valence-corrected chi connectivity index (χ2v) is 8.46. The molecule has 2 aliphatic rings. The molecule has 1 aliphatic carbocycles. The maximum absolute atomic E-state index is 12.5. The van der Waals surface area contributed by atoms with Crippen molar-refractivity contribution in [1.29, 1.82) is 0 Å². The second kappa shape index (κ2) is 7.42. The van der Waals surface area contributed by atoms with Gasteiger partial charge in [0, 0.05) is 17.5 Å². The summed E-state index contributed by atoms with van der Waals surface area (Å²) in [6, 6.07) is 6.33. The van der Waals surface area contributed by atoms with E-state index in [1.165, 1.54) is 43.8 Å². The third-order valence-corrected chi connectivity index (χ3v) is 6.92. The van der Waals surface area contributed by atoms with Crippen LogP contribution < -0.4 is 5.32 Å². The minimum Gasteiger partial charge on any atom is -0.349 e. The van der Waals surface area contributed by atoms with Crippen LogP contribution in [0.3, 0.4) is 0 Å². The molecule has 1 saturated carbocycles. The zero-order valence-electron chi connectivity index (χ0n) is 15.0. The van der Waals surface area contributed by atoms with Crippen LogP contribution in [0.25, 0.3) is 10.2 Å². The minimum absolute atomic E-state index is 0.0694. The molecule has 134 valence electrons. The number of fused-ring (bicyclic) bond motifs is 1. The lowest BCUT2D eigenvalue weighted by molar-refractivity contribution is 0.0938. The Labute approximate surface area is 153 Å². The SMILES string of the molecule is CCN1CCC(c2nc3ccc(C(=O)NC4CCCC4)cc3s2)CC1. The average molecular weight is 358 g/mol. The van der Waals surface area contributed by atoms with E-state index in [-0.39, 0.29) is 5.91 Å². The van der Waals surface area contributed by atoms with Gasteiger partial charge in [-0.25, -0.2) is 4.98 Å². The van der Waals surface area contributed by atoms with Gasteiger partial charge in [0.2, 0.25) is 0 Å². The lowest BCUT2D eigenvalue weighted by Gasteiger charge is -2.29. The number of benzene rings is 1. The number of hydrogen-bond acceptors (Lipinski definition) is 4. The van der Waals surface area contributed by atoms with E-state index in [0.717, 1.165) is 35.2 Å². The van der Waals surface area contributed by atoms with Gasteiger partial charge < -0.3 is 10.2 Å². The van der Waals surface area contributed by atoms with Crippen LogP contribution in [0.2, 0.25) is 0 Å². The number of nitrogens with one attached hydrogen (secondary N) is 1. The summed E-state index contributed by atoms with van der Waals surface area (Å²) >= 11 is 1.78. The standard InChI is InChI=1S/C20H27N3OS/c1-2-23-11-9-14(10-12-23)20-22-17-8-7-15(13-18(17)25-20)19(24)21-16-5-3-4-6-16/h7-8,13-14,16H,2-6,9-12H2,1H3,(H,21,24). The van der Waals surface area contributed by atoms with Crippen molar-refractivity contribution >= 4 is 27.5 Å². The van der Waals surface area contributed by atoms with Crippen molar-refractivity contribution in [1.82, 2.24) is 15.2 Å². The van der Waals surface area contributed by atoms with Crippen molar-refractivity contribution in [2.45, 2.75) is 57.4 Å². The van der Waals surface area contributed by atoms with Crippen molar-refractivity contribution < 1.29 is 4.79 Å².